The average Bonchev–Trinajstić information content (AvgIpc) is 3.16. The number of Topliss-reactive ketones (excluding diaryl/α,β-unsaturated/α-hetero) is 1. The Balaban J connectivity index is 0.00000342. The Morgan fingerprint density at radius 1 is 1.11 bits per heavy atom. The molecule has 35 heavy (non-hydrogen) atoms. The molecule has 3 aromatic rings. The molecular formula is C26H22ClF2N3O2S. The second kappa shape index (κ2) is 11.0. The van der Waals surface area contributed by atoms with Crippen LogP contribution in [0, 0.1) is 11.3 Å². The molecule has 2 heterocycles. The topological polar surface area (TPSA) is 74.1 Å². The number of hydrogen-bond donors (Lipinski definition) is 0. The highest BCUT2D eigenvalue weighted by atomic mass is 35.5. The van der Waals surface area contributed by atoms with Gasteiger partial charge in [-0.1, -0.05) is 42.0 Å². The normalized spacial score (nSPS) is 16.7. The van der Waals surface area contributed by atoms with Gasteiger partial charge in [0, 0.05) is 41.4 Å². The van der Waals surface area contributed by atoms with Gasteiger partial charge in [-0.15, -0.1) is 0 Å². The second-order valence-electron chi connectivity index (χ2n) is 8.17. The van der Waals surface area contributed by atoms with E-state index in [4.69, 9.17) is 16.9 Å². The molecule has 9 heteroatoms. The number of likely N-dealkylation sites (tertiary alicyclic amines) is 1. The summed E-state index contributed by atoms with van der Waals surface area (Å²) in [5.41, 5.74) is 2.86. The Morgan fingerprint density at radius 2 is 1.80 bits per heavy atom. The van der Waals surface area contributed by atoms with Crippen molar-refractivity contribution in [3.63, 3.8) is 0 Å². The molecule has 0 N–H and O–H groups in total. The third-order valence-corrected chi connectivity index (χ3v) is 5.96. The number of nitrogens with zero attached hydrogens (tertiary/aromatic N) is 3. The Hall–Kier alpha value is -3.28. The number of ketones is 1. The fourth-order valence-electron chi connectivity index (χ4n) is 3.97. The molecule has 2 aromatic carbocycles. The van der Waals surface area contributed by atoms with Crippen molar-refractivity contribution in [3.8, 4) is 6.07 Å². The zero-order valence-electron chi connectivity index (χ0n) is 18.5. The minimum Gasteiger partial charge on any atom is -0.320 e. The van der Waals surface area contributed by atoms with Crippen LogP contribution in [0.15, 0.2) is 54.7 Å². The van der Waals surface area contributed by atoms with E-state index in [0.29, 0.717) is 21.5 Å². The van der Waals surface area contributed by atoms with Crippen molar-refractivity contribution in [1.29, 1.82) is 5.26 Å². The summed E-state index contributed by atoms with van der Waals surface area (Å²) in [6.07, 6.45) is 4.28. The molecule has 0 bridgehead atoms. The fourth-order valence-corrected chi connectivity index (χ4v) is 4.10. The summed E-state index contributed by atoms with van der Waals surface area (Å²) in [6.45, 7) is -0.792. The Morgan fingerprint density at radius 3 is 2.51 bits per heavy atom. The number of alkyl halides is 2. The van der Waals surface area contributed by atoms with Crippen molar-refractivity contribution >= 4 is 59.8 Å². The molecule has 1 saturated heterocycles. The van der Waals surface area contributed by atoms with Gasteiger partial charge in [-0.3, -0.25) is 14.6 Å². The smallest absolute Gasteiger partial charge is 0.268 e. The number of benzene rings is 2. The monoisotopic (exact) mass is 513 g/mol. The van der Waals surface area contributed by atoms with Gasteiger partial charge in [0.1, 0.15) is 6.04 Å². The maximum Gasteiger partial charge on any atom is 0.268 e. The molecule has 1 atom stereocenters. The first-order chi connectivity index (χ1) is 16.3. The summed E-state index contributed by atoms with van der Waals surface area (Å²) >= 11 is 5.92. The molecule has 1 aliphatic rings. The van der Waals surface area contributed by atoms with E-state index in [0.717, 1.165) is 16.0 Å². The van der Waals surface area contributed by atoms with Crippen LogP contribution in [0.2, 0.25) is 5.02 Å². The summed E-state index contributed by atoms with van der Waals surface area (Å²) < 4.78 is 27.3. The average molecular weight is 514 g/mol. The van der Waals surface area contributed by atoms with Crippen LogP contribution in [0.3, 0.4) is 0 Å². The van der Waals surface area contributed by atoms with Gasteiger partial charge >= 0.3 is 0 Å². The van der Waals surface area contributed by atoms with Crippen LogP contribution in [-0.4, -0.2) is 40.1 Å². The van der Waals surface area contributed by atoms with E-state index >= 15 is 0 Å². The maximum absolute atomic E-state index is 13.6. The lowest BCUT2D eigenvalue weighted by Gasteiger charge is -2.18. The van der Waals surface area contributed by atoms with Gasteiger partial charge in [0.2, 0.25) is 5.91 Å². The first-order valence-electron chi connectivity index (χ1n) is 10.7. The molecule has 0 spiro atoms. The van der Waals surface area contributed by atoms with Crippen molar-refractivity contribution in [2.75, 3.05) is 6.54 Å². The summed E-state index contributed by atoms with van der Waals surface area (Å²) in [5, 5.41) is 10.4. The van der Waals surface area contributed by atoms with Crippen LogP contribution in [-0.2, 0) is 4.79 Å². The van der Waals surface area contributed by atoms with Crippen LogP contribution in [0.25, 0.3) is 23.1 Å². The van der Waals surface area contributed by atoms with Gasteiger partial charge in [0.05, 0.1) is 18.1 Å². The van der Waals surface area contributed by atoms with E-state index in [1.807, 2.05) is 42.5 Å². The van der Waals surface area contributed by atoms with E-state index in [1.165, 1.54) is 6.20 Å². The van der Waals surface area contributed by atoms with E-state index in [2.05, 4.69) is 4.98 Å². The van der Waals surface area contributed by atoms with Crippen molar-refractivity contribution < 1.29 is 18.4 Å². The molecule has 180 valence electrons. The highest BCUT2D eigenvalue weighted by Crippen LogP contribution is 2.32. The van der Waals surface area contributed by atoms with Gasteiger partial charge in [0.15, 0.2) is 5.78 Å². The number of fused-ring (bicyclic) bond motifs is 1. The number of carbonyl (C=O) groups is 2. The summed E-state index contributed by atoms with van der Waals surface area (Å²) in [6, 6.07) is 15.1. The molecule has 0 aliphatic carbocycles. The minimum atomic E-state index is -3.09. The van der Waals surface area contributed by atoms with Crippen molar-refractivity contribution in [1.82, 2.24) is 9.88 Å². The van der Waals surface area contributed by atoms with Gasteiger partial charge < -0.3 is 4.90 Å². The Bertz CT molecular complexity index is 1320. The number of nitriles is 1. The molecule has 0 radical (unpaired) electrons. The highest BCUT2D eigenvalue weighted by Gasteiger charge is 2.47. The molecule has 4 rings (SSSR count). The molecule has 1 fully saturated rings. The summed E-state index contributed by atoms with van der Waals surface area (Å²) in [7, 11) is 0. The number of hydrogen-bond acceptors (Lipinski definition) is 4. The molecule has 5 nitrogen and oxygen atoms in total. The van der Waals surface area contributed by atoms with E-state index in [1.54, 1.807) is 24.3 Å². The van der Waals surface area contributed by atoms with E-state index in [9.17, 15) is 18.4 Å². The zero-order valence-corrected chi connectivity index (χ0v) is 20.3. The highest BCUT2D eigenvalue weighted by molar-refractivity contribution is 7.59. The van der Waals surface area contributed by atoms with Crippen LogP contribution < -0.4 is 0 Å². The minimum absolute atomic E-state index is 0. The molecule has 1 amide bonds. The Labute approximate surface area is 213 Å². The second-order valence-corrected chi connectivity index (χ2v) is 8.61. The standard InChI is InChI=1S/C26H20ClF2N3O2.H2S/c27-19-6-3-17(4-7-19)1-2-18-5-8-23-22(13-18)21(11-12-31-23)24(33)9-10-25(34)32-16-26(28,29)14-20(32)15-30;/h1-8,11-13,20H,9-10,14,16H2;1H2/b2-1+;/t20-;/m0./s1. The number of carbonyl (C=O) groups excluding carboxylic acids is 2. The SMILES string of the molecule is N#C[C@@H]1CC(F)(F)CN1C(=O)CCC(=O)c1ccnc2ccc(/C=C/c3ccc(Cl)cc3)cc12.S. The predicted molar refractivity (Wildman–Crippen MR) is 137 cm³/mol. The van der Waals surface area contributed by atoms with Gasteiger partial charge in [0.25, 0.3) is 5.92 Å². The first-order valence-corrected chi connectivity index (χ1v) is 11.1. The summed E-state index contributed by atoms with van der Waals surface area (Å²) in [4.78, 5) is 30.6. The fraction of sp³-hybridized carbons (Fsp3) is 0.231. The van der Waals surface area contributed by atoms with Crippen molar-refractivity contribution in [3.05, 3.63) is 76.4 Å². The van der Waals surface area contributed by atoms with Crippen LogP contribution >= 0.6 is 25.1 Å². The molecule has 0 unspecified atom stereocenters. The third-order valence-electron chi connectivity index (χ3n) is 5.71. The first kappa shape index (κ1) is 26.3. The number of aromatic nitrogens is 1. The molecular weight excluding hydrogens is 492 g/mol. The third kappa shape index (κ3) is 6.24. The lowest BCUT2D eigenvalue weighted by Crippen LogP contribution is -2.36. The number of rotatable bonds is 6. The van der Waals surface area contributed by atoms with Gasteiger partial charge in [-0.25, -0.2) is 8.78 Å². The molecule has 1 aliphatic heterocycles. The maximum atomic E-state index is 13.6. The number of pyridine rings is 1. The van der Waals surface area contributed by atoms with E-state index < -0.39 is 30.8 Å². The van der Waals surface area contributed by atoms with Crippen molar-refractivity contribution in [2.45, 2.75) is 31.2 Å². The molecule has 0 saturated carbocycles. The number of amides is 1. The quantitative estimate of drug-likeness (QED) is 0.304. The summed E-state index contributed by atoms with van der Waals surface area (Å²) in [5.74, 6) is -4.00. The van der Waals surface area contributed by atoms with Crippen molar-refractivity contribution in [2.24, 2.45) is 0 Å². The predicted octanol–water partition coefficient (Wildman–Crippen LogP) is 5.89. The van der Waals surface area contributed by atoms with Gasteiger partial charge in [-0.2, -0.15) is 18.8 Å². The number of halogens is 3. The lowest BCUT2D eigenvalue weighted by molar-refractivity contribution is -0.132. The molecule has 1 aromatic heterocycles. The van der Waals surface area contributed by atoms with Crippen LogP contribution in [0.1, 0.15) is 40.7 Å². The van der Waals surface area contributed by atoms with Crippen LogP contribution in [0.4, 0.5) is 8.78 Å². The Kier molecular flexibility index (Phi) is 8.26. The van der Waals surface area contributed by atoms with E-state index in [-0.39, 0.29) is 32.1 Å². The lowest BCUT2D eigenvalue weighted by atomic mass is 10.00. The zero-order chi connectivity index (χ0) is 24.3. The largest absolute Gasteiger partial charge is 0.320 e. The van der Waals surface area contributed by atoms with Gasteiger partial charge in [-0.05, 0) is 41.5 Å². The van der Waals surface area contributed by atoms with Crippen LogP contribution in [0.5, 0.6) is 0 Å².